The summed E-state index contributed by atoms with van der Waals surface area (Å²) in [6.45, 7) is 11.2. The predicted octanol–water partition coefficient (Wildman–Crippen LogP) is 2.64. The topological polar surface area (TPSA) is 83.8 Å². The molecule has 0 aliphatic carbocycles. The first kappa shape index (κ1) is 20.4. The molecule has 2 heterocycles. The Bertz CT molecular complexity index is 850. The second-order valence-corrected chi connectivity index (χ2v) is 7.90. The smallest absolute Gasteiger partial charge is 0.305 e. The van der Waals surface area contributed by atoms with Crippen LogP contribution in [0.1, 0.15) is 43.8 Å². The highest BCUT2D eigenvalue weighted by Gasteiger charge is 2.34. The highest BCUT2D eigenvalue weighted by molar-refractivity contribution is 5.99. The monoisotopic (exact) mass is 387 g/mol. The Kier molecular flexibility index (Phi) is 6.05. The maximum atomic E-state index is 12.9. The van der Waals surface area contributed by atoms with E-state index in [2.05, 4.69) is 15.8 Å². The molecule has 1 saturated heterocycles. The lowest BCUT2D eigenvalue weighted by atomic mass is 10.00. The van der Waals surface area contributed by atoms with Crippen LogP contribution >= 0.6 is 0 Å². The van der Waals surface area contributed by atoms with Gasteiger partial charge in [0.25, 0.3) is 5.91 Å². The van der Waals surface area contributed by atoms with Crippen molar-refractivity contribution in [2.24, 2.45) is 5.92 Å². The molecular weight excluding hydrogens is 358 g/mol. The van der Waals surface area contributed by atoms with Crippen molar-refractivity contribution in [1.29, 1.82) is 0 Å². The molecule has 2 aromatic rings. The van der Waals surface area contributed by atoms with Gasteiger partial charge in [0.2, 0.25) is 0 Å². The van der Waals surface area contributed by atoms with Crippen LogP contribution in [0.5, 0.6) is 0 Å². The Labute approximate surface area is 165 Å². The van der Waals surface area contributed by atoms with Crippen LogP contribution in [0.4, 0.5) is 0 Å². The third kappa shape index (κ3) is 4.20. The van der Waals surface area contributed by atoms with E-state index in [1.807, 2.05) is 58.9 Å². The molecule has 7 nitrogen and oxygen atoms in total. The first-order chi connectivity index (χ1) is 13.3. The summed E-state index contributed by atoms with van der Waals surface area (Å²) in [4.78, 5) is 27.5. The molecule has 0 saturated carbocycles. The van der Waals surface area contributed by atoms with Crippen molar-refractivity contribution in [3.8, 4) is 0 Å². The Morgan fingerprint density at radius 3 is 2.36 bits per heavy atom. The van der Waals surface area contributed by atoms with Crippen LogP contribution in [0.2, 0.25) is 0 Å². The molecule has 3 unspecified atom stereocenters. The molecule has 3 atom stereocenters. The SMILES string of the molecule is Cc1c(C(=O)NNC(=O)C(C(C)C)N2CC(C)OC(C)C2)oc2ccccc12. The van der Waals surface area contributed by atoms with E-state index in [1.54, 1.807) is 0 Å². The van der Waals surface area contributed by atoms with Gasteiger partial charge in [-0.05, 0) is 32.8 Å². The zero-order valence-electron chi connectivity index (χ0n) is 17.1. The third-order valence-electron chi connectivity index (χ3n) is 5.09. The molecule has 152 valence electrons. The largest absolute Gasteiger partial charge is 0.451 e. The van der Waals surface area contributed by atoms with Gasteiger partial charge in [-0.1, -0.05) is 32.0 Å². The number of morpholine rings is 1. The number of nitrogens with one attached hydrogen (secondary N) is 2. The Morgan fingerprint density at radius 2 is 1.75 bits per heavy atom. The van der Waals surface area contributed by atoms with Crippen LogP contribution in [-0.4, -0.2) is 48.1 Å². The summed E-state index contributed by atoms with van der Waals surface area (Å²) in [6.07, 6.45) is 0.121. The highest BCUT2D eigenvalue weighted by atomic mass is 16.5. The summed E-state index contributed by atoms with van der Waals surface area (Å²) in [5.41, 5.74) is 6.48. The van der Waals surface area contributed by atoms with Crippen LogP contribution in [0.3, 0.4) is 0 Å². The van der Waals surface area contributed by atoms with Gasteiger partial charge in [-0.25, -0.2) is 0 Å². The van der Waals surface area contributed by atoms with Crippen LogP contribution in [0.25, 0.3) is 11.0 Å². The summed E-state index contributed by atoms with van der Waals surface area (Å²) in [5.74, 6) is -0.412. The zero-order valence-corrected chi connectivity index (χ0v) is 17.1. The van der Waals surface area contributed by atoms with Gasteiger partial charge in [0.15, 0.2) is 5.76 Å². The molecular formula is C21H29N3O4. The summed E-state index contributed by atoms with van der Waals surface area (Å²) in [5, 5.41) is 0.885. The van der Waals surface area contributed by atoms with E-state index in [1.165, 1.54) is 0 Å². The summed E-state index contributed by atoms with van der Waals surface area (Å²) in [6, 6.07) is 7.11. The minimum atomic E-state index is -0.465. The van der Waals surface area contributed by atoms with Crippen molar-refractivity contribution < 1.29 is 18.7 Å². The first-order valence-electron chi connectivity index (χ1n) is 9.75. The summed E-state index contributed by atoms with van der Waals surface area (Å²) in [7, 11) is 0. The number of amides is 2. The van der Waals surface area contributed by atoms with Gasteiger partial charge in [0, 0.05) is 24.0 Å². The van der Waals surface area contributed by atoms with Gasteiger partial charge in [-0.2, -0.15) is 0 Å². The van der Waals surface area contributed by atoms with Crippen molar-refractivity contribution in [2.75, 3.05) is 13.1 Å². The van der Waals surface area contributed by atoms with E-state index in [4.69, 9.17) is 9.15 Å². The number of carbonyl (C=O) groups excluding carboxylic acids is 2. The number of fused-ring (bicyclic) bond motifs is 1. The van der Waals surface area contributed by atoms with Gasteiger partial charge < -0.3 is 9.15 Å². The molecule has 1 aliphatic rings. The Hall–Kier alpha value is -2.38. The molecule has 1 aromatic heterocycles. The number of furan rings is 1. The number of carbonyl (C=O) groups is 2. The van der Waals surface area contributed by atoms with Crippen molar-refractivity contribution in [1.82, 2.24) is 15.8 Å². The molecule has 0 spiro atoms. The lowest BCUT2D eigenvalue weighted by Crippen LogP contribution is -2.59. The number of ether oxygens (including phenoxy) is 1. The number of nitrogens with zero attached hydrogens (tertiary/aromatic N) is 1. The van der Waals surface area contributed by atoms with Crippen LogP contribution in [0.15, 0.2) is 28.7 Å². The fraction of sp³-hybridized carbons (Fsp3) is 0.524. The Morgan fingerprint density at radius 1 is 1.11 bits per heavy atom. The van der Waals surface area contributed by atoms with Crippen molar-refractivity contribution in [2.45, 2.75) is 52.9 Å². The van der Waals surface area contributed by atoms with Gasteiger partial charge in [-0.15, -0.1) is 0 Å². The molecule has 1 aromatic carbocycles. The number of aryl methyl sites for hydroxylation is 1. The fourth-order valence-corrected chi connectivity index (χ4v) is 3.97. The van der Waals surface area contributed by atoms with Crippen molar-refractivity contribution in [3.05, 3.63) is 35.6 Å². The van der Waals surface area contributed by atoms with Gasteiger partial charge >= 0.3 is 5.91 Å². The molecule has 1 fully saturated rings. The molecule has 0 radical (unpaired) electrons. The number of hydrogen-bond donors (Lipinski definition) is 2. The van der Waals surface area contributed by atoms with E-state index in [0.717, 1.165) is 10.9 Å². The van der Waals surface area contributed by atoms with E-state index >= 15 is 0 Å². The van der Waals surface area contributed by atoms with Gasteiger partial charge in [-0.3, -0.25) is 25.3 Å². The van der Waals surface area contributed by atoms with Crippen molar-refractivity contribution in [3.63, 3.8) is 0 Å². The number of hydrazine groups is 1. The predicted molar refractivity (Wildman–Crippen MR) is 107 cm³/mol. The third-order valence-corrected chi connectivity index (χ3v) is 5.09. The average Bonchev–Trinajstić information content (AvgIpc) is 2.96. The highest BCUT2D eigenvalue weighted by Crippen LogP contribution is 2.24. The van der Waals surface area contributed by atoms with Gasteiger partial charge in [0.05, 0.1) is 18.2 Å². The van der Waals surface area contributed by atoms with E-state index in [-0.39, 0.29) is 35.8 Å². The Balaban J connectivity index is 1.68. The molecule has 1 aliphatic heterocycles. The van der Waals surface area contributed by atoms with Crippen LogP contribution < -0.4 is 10.9 Å². The van der Waals surface area contributed by atoms with E-state index in [9.17, 15) is 9.59 Å². The van der Waals surface area contributed by atoms with Crippen molar-refractivity contribution >= 4 is 22.8 Å². The number of para-hydroxylation sites is 1. The molecule has 2 amide bonds. The van der Waals surface area contributed by atoms with Crippen LogP contribution in [-0.2, 0) is 9.53 Å². The number of benzene rings is 1. The molecule has 0 bridgehead atoms. The standard InChI is InChI=1S/C21H29N3O4/c1-12(2)18(24-10-13(3)27-14(4)11-24)20(25)22-23-21(26)19-15(5)16-8-6-7-9-17(16)28-19/h6-9,12-14,18H,10-11H2,1-5H3,(H,22,25)(H,23,26). The molecule has 3 rings (SSSR count). The van der Waals surface area contributed by atoms with Gasteiger partial charge in [0.1, 0.15) is 5.58 Å². The summed E-state index contributed by atoms with van der Waals surface area (Å²) < 4.78 is 11.4. The van der Waals surface area contributed by atoms with Crippen LogP contribution in [0, 0.1) is 12.8 Å². The second kappa shape index (κ2) is 8.32. The number of rotatable bonds is 4. The lowest BCUT2D eigenvalue weighted by molar-refractivity contribution is -0.136. The average molecular weight is 387 g/mol. The minimum absolute atomic E-state index is 0.0607. The summed E-state index contributed by atoms with van der Waals surface area (Å²) >= 11 is 0. The first-order valence-corrected chi connectivity index (χ1v) is 9.75. The number of hydrogen-bond acceptors (Lipinski definition) is 5. The zero-order chi connectivity index (χ0) is 20.4. The minimum Gasteiger partial charge on any atom is -0.451 e. The maximum Gasteiger partial charge on any atom is 0.305 e. The van der Waals surface area contributed by atoms with E-state index < -0.39 is 5.91 Å². The second-order valence-electron chi connectivity index (χ2n) is 7.90. The molecule has 7 heteroatoms. The normalized spacial score (nSPS) is 21.6. The lowest BCUT2D eigenvalue weighted by Gasteiger charge is -2.40. The fourth-order valence-electron chi connectivity index (χ4n) is 3.97. The quantitative estimate of drug-likeness (QED) is 0.788. The van der Waals surface area contributed by atoms with E-state index in [0.29, 0.717) is 18.7 Å². The molecule has 28 heavy (non-hydrogen) atoms. The molecule has 2 N–H and O–H groups in total. The maximum absolute atomic E-state index is 12.9.